The SMILES string of the molecule is C=C(C)C(=O)Oc1ccc(N=Nc2c(C)[nH]n(-c3ccc(C(C)(C)C)cc3)c2=O)cc1. The molecule has 0 bridgehead atoms. The lowest BCUT2D eigenvalue weighted by Crippen LogP contribution is -2.15. The zero-order valence-corrected chi connectivity index (χ0v) is 18.4. The number of nitrogens with zero attached hydrogens (tertiary/aromatic N) is 3. The summed E-state index contributed by atoms with van der Waals surface area (Å²) in [5.74, 6) is -0.112. The number of hydrogen-bond acceptors (Lipinski definition) is 5. The van der Waals surface area contributed by atoms with Crippen LogP contribution in [0.25, 0.3) is 5.69 Å². The Morgan fingerprint density at radius 1 is 1.03 bits per heavy atom. The summed E-state index contributed by atoms with van der Waals surface area (Å²) in [6, 6.07) is 14.4. The first-order valence-corrected chi connectivity index (χ1v) is 9.88. The molecule has 1 N–H and O–H groups in total. The van der Waals surface area contributed by atoms with Gasteiger partial charge in [-0.15, -0.1) is 5.11 Å². The van der Waals surface area contributed by atoms with E-state index in [0.29, 0.717) is 22.7 Å². The predicted molar refractivity (Wildman–Crippen MR) is 121 cm³/mol. The second kappa shape index (κ2) is 8.55. The first-order chi connectivity index (χ1) is 14.6. The number of hydrogen-bond donors (Lipinski definition) is 1. The molecule has 0 atom stereocenters. The van der Waals surface area contributed by atoms with E-state index in [1.165, 1.54) is 10.2 Å². The Bertz CT molecular complexity index is 1190. The third kappa shape index (κ3) is 5.06. The van der Waals surface area contributed by atoms with E-state index in [9.17, 15) is 9.59 Å². The molecule has 0 aliphatic carbocycles. The maximum Gasteiger partial charge on any atom is 0.338 e. The number of esters is 1. The second-order valence-corrected chi connectivity index (χ2v) is 8.39. The highest BCUT2D eigenvalue weighted by Gasteiger charge is 2.15. The molecule has 2 aromatic carbocycles. The van der Waals surface area contributed by atoms with Gasteiger partial charge in [-0.2, -0.15) is 5.11 Å². The van der Waals surface area contributed by atoms with Crippen LogP contribution in [0.5, 0.6) is 5.75 Å². The minimum Gasteiger partial charge on any atom is -0.423 e. The van der Waals surface area contributed by atoms with Gasteiger partial charge in [0.1, 0.15) is 5.75 Å². The van der Waals surface area contributed by atoms with Crippen molar-refractivity contribution in [1.82, 2.24) is 9.78 Å². The van der Waals surface area contributed by atoms with Crippen molar-refractivity contribution < 1.29 is 9.53 Å². The van der Waals surface area contributed by atoms with E-state index in [-0.39, 0.29) is 16.7 Å². The van der Waals surface area contributed by atoms with Gasteiger partial charge in [0.2, 0.25) is 0 Å². The fourth-order valence-electron chi connectivity index (χ4n) is 2.83. The molecular formula is C24H26N4O3. The highest BCUT2D eigenvalue weighted by Crippen LogP contribution is 2.24. The molecule has 0 aliphatic heterocycles. The summed E-state index contributed by atoms with van der Waals surface area (Å²) in [6.07, 6.45) is 0. The average molecular weight is 418 g/mol. The number of benzene rings is 2. The van der Waals surface area contributed by atoms with Gasteiger partial charge in [-0.25, -0.2) is 9.48 Å². The summed E-state index contributed by atoms with van der Waals surface area (Å²) < 4.78 is 6.60. The number of nitrogens with one attached hydrogen (secondary N) is 1. The molecule has 7 nitrogen and oxygen atoms in total. The van der Waals surface area contributed by atoms with Crippen molar-refractivity contribution in [3.05, 3.63) is 82.3 Å². The van der Waals surface area contributed by atoms with Gasteiger partial charge in [0.15, 0.2) is 5.69 Å². The van der Waals surface area contributed by atoms with Gasteiger partial charge in [-0.1, -0.05) is 39.5 Å². The van der Waals surface area contributed by atoms with Crippen LogP contribution < -0.4 is 10.3 Å². The molecule has 0 radical (unpaired) electrons. The lowest BCUT2D eigenvalue weighted by Gasteiger charge is -2.19. The van der Waals surface area contributed by atoms with E-state index >= 15 is 0 Å². The molecule has 0 saturated carbocycles. The minimum atomic E-state index is -0.492. The van der Waals surface area contributed by atoms with Crippen molar-refractivity contribution >= 4 is 17.3 Å². The molecule has 0 amide bonds. The summed E-state index contributed by atoms with van der Waals surface area (Å²) in [7, 11) is 0. The standard InChI is InChI=1S/C24H26N4O3/c1-15(2)23(30)31-20-13-9-18(10-14-20)25-26-21-16(3)27-28(22(21)29)19-11-7-17(8-12-19)24(4,5)6/h7-14,27H,1H2,2-6H3. The Kier molecular flexibility index (Phi) is 6.06. The number of carbonyl (C=O) groups excluding carboxylic acids is 1. The third-order valence-corrected chi connectivity index (χ3v) is 4.69. The first-order valence-electron chi connectivity index (χ1n) is 9.88. The van der Waals surface area contributed by atoms with E-state index in [0.717, 1.165) is 5.69 Å². The van der Waals surface area contributed by atoms with Gasteiger partial charge < -0.3 is 4.74 Å². The monoisotopic (exact) mass is 418 g/mol. The predicted octanol–water partition coefficient (Wildman–Crippen LogP) is 5.67. The number of H-pyrrole nitrogens is 1. The molecule has 160 valence electrons. The number of azo groups is 1. The molecule has 1 aromatic heterocycles. The summed E-state index contributed by atoms with van der Waals surface area (Å²) in [4.78, 5) is 24.4. The van der Waals surface area contributed by atoms with Gasteiger partial charge in [0.05, 0.1) is 17.1 Å². The Morgan fingerprint density at radius 2 is 1.65 bits per heavy atom. The summed E-state index contributed by atoms with van der Waals surface area (Å²) in [5.41, 5.74) is 3.35. The fraction of sp³-hybridized carbons (Fsp3) is 0.250. The molecule has 0 spiro atoms. The number of aryl methyl sites for hydroxylation is 1. The highest BCUT2D eigenvalue weighted by atomic mass is 16.5. The van der Waals surface area contributed by atoms with Gasteiger partial charge in [-0.3, -0.25) is 9.89 Å². The van der Waals surface area contributed by atoms with Crippen molar-refractivity contribution in [2.45, 2.75) is 40.0 Å². The molecule has 0 aliphatic rings. The number of carbonyl (C=O) groups is 1. The van der Waals surface area contributed by atoms with Crippen LogP contribution in [-0.4, -0.2) is 15.7 Å². The van der Waals surface area contributed by atoms with E-state index in [4.69, 9.17) is 4.74 Å². The molecule has 0 unspecified atom stereocenters. The van der Waals surface area contributed by atoms with Crippen LogP contribution in [0.15, 0.2) is 75.7 Å². The quantitative estimate of drug-likeness (QED) is 0.251. The second-order valence-electron chi connectivity index (χ2n) is 8.39. The van der Waals surface area contributed by atoms with Gasteiger partial charge >= 0.3 is 5.97 Å². The number of rotatable bonds is 5. The molecule has 7 heteroatoms. The van der Waals surface area contributed by atoms with E-state index in [1.54, 1.807) is 38.1 Å². The maximum atomic E-state index is 12.8. The van der Waals surface area contributed by atoms with Crippen molar-refractivity contribution in [2.24, 2.45) is 10.2 Å². The maximum absolute atomic E-state index is 12.8. The van der Waals surface area contributed by atoms with Gasteiger partial charge in [0, 0.05) is 5.57 Å². The van der Waals surface area contributed by atoms with E-state index in [1.807, 2.05) is 24.3 Å². The fourth-order valence-corrected chi connectivity index (χ4v) is 2.83. The van der Waals surface area contributed by atoms with Crippen molar-refractivity contribution in [1.29, 1.82) is 0 Å². The zero-order chi connectivity index (χ0) is 22.8. The Hall–Kier alpha value is -3.74. The first kappa shape index (κ1) is 22.0. The molecule has 3 rings (SSSR count). The molecule has 0 saturated heterocycles. The molecule has 0 fully saturated rings. The largest absolute Gasteiger partial charge is 0.423 e. The van der Waals surface area contributed by atoms with Gasteiger partial charge in [0.25, 0.3) is 5.56 Å². The summed E-state index contributed by atoms with van der Waals surface area (Å²) >= 11 is 0. The number of aromatic nitrogens is 2. The van der Waals surface area contributed by atoms with E-state index in [2.05, 4.69) is 42.7 Å². The third-order valence-electron chi connectivity index (χ3n) is 4.69. The van der Waals surface area contributed by atoms with Crippen LogP contribution in [-0.2, 0) is 10.2 Å². The highest BCUT2D eigenvalue weighted by molar-refractivity contribution is 5.88. The van der Waals surface area contributed by atoms with Crippen LogP contribution in [0.2, 0.25) is 0 Å². The Balaban J connectivity index is 1.81. The molecule has 31 heavy (non-hydrogen) atoms. The van der Waals surface area contributed by atoms with Crippen molar-refractivity contribution in [3.63, 3.8) is 0 Å². The topological polar surface area (TPSA) is 88.8 Å². The van der Waals surface area contributed by atoms with Crippen LogP contribution >= 0.6 is 0 Å². The van der Waals surface area contributed by atoms with Crippen LogP contribution in [0, 0.1) is 6.92 Å². The smallest absolute Gasteiger partial charge is 0.338 e. The van der Waals surface area contributed by atoms with Crippen LogP contribution in [0.1, 0.15) is 39.0 Å². The summed E-state index contributed by atoms with van der Waals surface area (Å²) in [5, 5.41) is 11.3. The number of ether oxygens (including phenoxy) is 1. The molecular weight excluding hydrogens is 392 g/mol. The van der Waals surface area contributed by atoms with Crippen LogP contribution in [0.4, 0.5) is 11.4 Å². The molecule has 3 aromatic rings. The van der Waals surface area contributed by atoms with Crippen molar-refractivity contribution in [2.75, 3.05) is 0 Å². The lowest BCUT2D eigenvalue weighted by molar-refractivity contribution is -0.130. The number of aromatic amines is 1. The van der Waals surface area contributed by atoms with Crippen LogP contribution in [0.3, 0.4) is 0 Å². The lowest BCUT2D eigenvalue weighted by atomic mass is 9.87. The van der Waals surface area contributed by atoms with Crippen molar-refractivity contribution in [3.8, 4) is 11.4 Å². The zero-order valence-electron chi connectivity index (χ0n) is 18.4. The van der Waals surface area contributed by atoms with E-state index < -0.39 is 5.97 Å². The minimum absolute atomic E-state index is 0.0346. The van der Waals surface area contributed by atoms with Gasteiger partial charge in [-0.05, 0) is 61.2 Å². The summed E-state index contributed by atoms with van der Waals surface area (Å²) in [6.45, 7) is 13.3. The Morgan fingerprint density at radius 3 is 2.19 bits per heavy atom. The average Bonchev–Trinajstić information content (AvgIpc) is 3.00. The Labute approximate surface area is 181 Å². The normalized spacial score (nSPS) is 11.6. The molecule has 1 heterocycles.